The van der Waals surface area contributed by atoms with E-state index >= 15 is 0 Å². The summed E-state index contributed by atoms with van der Waals surface area (Å²) in [6, 6.07) is 0. The Morgan fingerprint density at radius 3 is 2.50 bits per heavy atom. The number of guanidine groups is 1. The van der Waals surface area contributed by atoms with Crippen molar-refractivity contribution in [3.8, 4) is 6.19 Å². The molecular formula is C10H20N4. The molecule has 0 atom stereocenters. The summed E-state index contributed by atoms with van der Waals surface area (Å²) >= 11 is 0. The lowest BCUT2D eigenvalue weighted by molar-refractivity contribution is 0.365. The molecule has 0 aliphatic rings. The maximum absolute atomic E-state index is 8.34. The second kappa shape index (κ2) is 6.25. The third-order valence-electron chi connectivity index (χ3n) is 1.79. The number of hydrogen-bond donors (Lipinski definition) is 2. The molecule has 0 spiro atoms. The Morgan fingerprint density at radius 1 is 1.43 bits per heavy atom. The van der Waals surface area contributed by atoms with Crippen LogP contribution in [0, 0.1) is 16.9 Å². The van der Waals surface area contributed by atoms with Gasteiger partial charge in [-0.3, -0.25) is 0 Å². The minimum absolute atomic E-state index is 0.369. The zero-order valence-electron chi connectivity index (χ0n) is 9.52. The molecule has 0 aromatic heterocycles. The average Bonchev–Trinajstić information content (AvgIpc) is 2.08. The van der Waals surface area contributed by atoms with Crippen molar-refractivity contribution in [2.45, 2.75) is 33.6 Å². The van der Waals surface area contributed by atoms with Gasteiger partial charge in [-0.05, 0) is 18.3 Å². The smallest absolute Gasteiger partial charge is 0.209 e. The standard InChI is InChI=1S/C10H20N4/c1-10(2,3)6-5-7-13-9(12-4)14-8-11/h5-7H2,1-4H3,(H2,12,13,14). The fourth-order valence-electron chi connectivity index (χ4n) is 1.06. The number of nitriles is 1. The van der Waals surface area contributed by atoms with Crippen LogP contribution in [-0.2, 0) is 0 Å². The van der Waals surface area contributed by atoms with Gasteiger partial charge in [0.25, 0.3) is 0 Å². The minimum Gasteiger partial charge on any atom is -0.359 e. The van der Waals surface area contributed by atoms with E-state index in [2.05, 4.69) is 36.4 Å². The van der Waals surface area contributed by atoms with E-state index in [1.165, 1.54) is 0 Å². The van der Waals surface area contributed by atoms with Crippen molar-refractivity contribution in [3.63, 3.8) is 0 Å². The third-order valence-corrected chi connectivity index (χ3v) is 1.79. The Hall–Kier alpha value is -1.24. The van der Waals surface area contributed by atoms with Crippen LogP contribution in [0.15, 0.2) is 4.99 Å². The van der Waals surface area contributed by atoms with Gasteiger partial charge in [0.05, 0.1) is 0 Å². The first kappa shape index (κ1) is 12.8. The number of nitrogens with zero attached hydrogens (tertiary/aromatic N) is 2. The van der Waals surface area contributed by atoms with Crippen molar-refractivity contribution in [2.75, 3.05) is 13.6 Å². The van der Waals surface area contributed by atoms with E-state index in [1.807, 2.05) is 0 Å². The lowest BCUT2D eigenvalue weighted by Crippen LogP contribution is -2.35. The van der Waals surface area contributed by atoms with Crippen LogP contribution in [0.1, 0.15) is 33.6 Å². The summed E-state index contributed by atoms with van der Waals surface area (Å²) in [5.74, 6) is 0.543. The minimum atomic E-state index is 0.369. The highest BCUT2D eigenvalue weighted by Crippen LogP contribution is 2.19. The predicted molar refractivity (Wildman–Crippen MR) is 58.8 cm³/mol. The molecule has 0 aliphatic heterocycles. The van der Waals surface area contributed by atoms with Crippen LogP contribution in [0.25, 0.3) is 0 Å². The molecule has 0 aromatic rings. The summed E-state index contributed by atoms with van der Waals surface area (Å²) in [6.07, 6.45) is 3.97. The quantitative estimate of drug-likeness (QED) is 0.311. The highest BCUT2D eigenvalue weighted by Gasteiger charge is 2.08. The third kappa shape index (κ3) is 7.41. The molecule has 0 aromatic carbocycles. The average molecular weight is 196 g/mol. The molecule has 0 saturated carbocycles. The molecule has 4 heteroatoms. The van der Waals surface area contributed by atoms with E-state index in [-0.39, 0.29) is 0 Å². The molecule has 0 unspecified atom stereocenters. The topological polar surface area (TPSA) is 60.2 Å². The van der Waals surface area contributed by atoms with Gasteiger partial charge in [0.1, 0.15) is 0 Å². The van der Waals surface area contributed by atoms with E-state index in [0.717, 1.165) is 19.4 Å². The van der Waals surface area contributed by atoms with E-state index < -0.39 is 0 Å². The molecule has 0 aliphatic carbocycles. The largest absolute Gasteiger partial charge is 0.359 e. The van der Waals surface area contributed by atoms with Gasteiger partial charge >= 0.3 is 0 Å². The zero-order valence-corrected chi connectivity index (χ0v) is 9.52. The summed E-state index contributed by atoms with van der Waals surface area (Å²) in [6.45, 7) is 7.50. The molecule has 0 fully saturated rings. The lowest BCUT2D eigenvalue weighted by atomic mass is 9.91. The summed E-state index contributed by atoms with van der Waals surface area (Å²) in [7, 11) is 1.74. The van der Waals surface area contributed by atoms with Crippen molar-refractivity contribution in [1.29, 1.82) is 5.26 Å². The van der Waals surface area contributed by atoms with Gasteiger partial charge in [0.2, 0.25) is 12.2 Å². The fourth-order valence-corrected chi connectivity index (χ4v) is 1.06. The number of rotatable bonds is 3. The normalized spacial score (nSPS) is 12.1. The Labute approximate surface area is 86.4 Å². The Balaban J connectivity index is 3.64. The van der Waals surface area contributed by atoms with Gasteiger partial charge in [-0.2, -0.15) is 5.26 Å². The molecule has 0 amide bonds. The zero-order chi connectivity index (χ0) is 11.0. The summed E-state index contributed by atoms with van der Waals surface area (Å²) in [5, 5.41) is 14.2. The van der Waals surface area contributed by atoms with Crippen LogP contribution in [0.5, 0.6) is 0 Å². The van der Waals surface area contributed by atoms with Gasteiger partial charge in [-0.1, -0.05) is 20.8 Å². The monoisotopic (exact) mass is 196 g/mol. The first-order chi connectivity index (χ1) is 6.49. The van der Waals surface area contributed by atoms with Crippen LogP contribution in [-0.4, -0.2) is 19.6 Å². The second-order valence-electron chi connectivity index (χ2n) is 4.40. The van der Waals surface area contributed by atoms with Crippen molar-refractivity contribution < 1.29 is 0 Å². The first-order valence-corrected chi connectivity index (χ1v) is 4.88. The molecule has 4 nitrogen and oxygen atoms in total. The molecule has 0 saturated heterocycles. The molecule has 2 N–H and O–H groups in total. The summed E-state index contributed by atoms with van der Waals surface area (Å²) in [5.41, 5.74) is 0.369. The van der Waals surface area contributed by atoms with E-state index in [9.17, 15) is 0 Å². The molecule has 80 valence electrons. The second-order valence-corrected chi connectivity index (χ2v) is 4.40. The fraction of sp³-hybridized carbons (Fsp3) is 0.800. The van der Waals surface area contributed by atoms with Crippen molar-refractivity contribution in [1.82, 2.24) is 10.6 Å². The van der Waals surface area contributed by atoms with Gasteiger partial charge in [-0.15, -0.1) is 4.99 Å². The van der Waals surface area contributed by atoms with Crippen LogP contribution >= 0.6 is 0 Å². The van der Waals surface area contributed by atoms with Gasteiger partial charge in [-0.25, -0.2) is 0 Å². The first-order valence-electron chi connectivity index (χ1n) is 4.88. The molecule has 0 bridgehead atoms. The summed E-state index contributed by atoms with van der Waals surface area (Å²) < 4.78 is 0. The molecule has 0 radical (unpaired) electrons. The van der Waals surface area contributed by atoms with Crippen LogP contribution in [0.3, 0.4) is 0 Å². The Kier molecular flexibility index (Phi) is 5.70. The highest BCUT2D eigenvalue weighted by molar-refractivity contribution is 5.80. The Bertz CT molecular complexity index is 219. The van der Waals surface area contributed by atoms with Crippen molar-refractivity contribution in [3.05, 3.63) is 0 Å². The number of aliphatic imine (C=N–C) groups is 1. The van der Waals surface area contributed by atoms with Crippen molar-refractivity contribution in [2.24, 2.45) is 10.4 Å². The van der Waals surface area contributed by atoms with E-state index in [4.69, 9.17) is 5.26 Å². The summed E-state index contributed by atoms with van der Waals surface area (Å²) in [4.78, 5) is 3.58. The highest BCUT2D eigenvalue weighted by atomic mass is 15.2. The number of hydrogen-bond acceptors (Lipinski definition) is 2. The lowest BCUT2D eigenvalue weighted by Gasteiger charge is -2.18. The molecular weight excluding hydrogens is 176 g/mol. The van der Waals surface area contributed by atoms with Gasteiger partial charge in [0, 0.05) is 13.6 Å². The van der Waals surface area contributed by atoms with Crippen LogP contribution in [0.2, 0.25) is 0 Å². The Morgan fingerprint density at radius 2 is 2.07 bits per heavy atom. The maximum atomic E-state index is 8.34. The maximum Gasteiger partial charge on any atom is 0.209 e. The van der Waals surface area contributed by atoms with E-state index in [1.54, 1.807) is 13.2 Å². The molecule has 0 heterocycles. The van der Waals surface area contributed by atoms with Crippen LogP contribution < -0.4 is 10.6 Å². The van der Waals surface area contributed by atoms with Crippen LogP contribution in [0.4, 0.5) is 0 Å². The number of nitrogens with one attached hydrogen (secondary N) is 2. The van der Waals surface area contributed by atoms with Gasteiger partial charge in [0.15, 0.2) is 0 Å². The predicted octanol–water partition coefficient (Wildman–Crippen LogP) is 1.46. The molecule has 0 rings (SSSR count). The SMILES string of the molecule is CN/C(=N/C#N)NCCCC(C)(C)C. The van der Waals surface area contributed by atoms with Gasteiger partial charge < -0.3 is 10.6 Å². The van der Waals surface area contributed by atoms with E-state index in [0.29, 0.717) is 11.4 Å². The van der Waals surface area contributed by atoms with Crippen molar-refractivity contribution >= 4 is 5.96 Å². The molecule has 14 heavy (non-hydrogen) atoms.